The minimum atomic E-state index is 0.0547. The minimum Gasteiger partial charge on any atom is -0.324 e. The Morgan fingerprint density at radius 2 is 1.84 bits per heavy atom. The number of thiophene rings is 1. The number of nitrogens with one attached hydrogen (secondary N) is 1. The third kappa shape index (κ3) is 5.16. The lowest BCUT2D eigenvalue weighted by molar-refractivity contribution is -0.117. The summed E-state index contributed by atoms with van der Waals surface area (Å²) in [5.41, 5.74) is 4.58. The number of hydrogen-bond acceptors (Lipinski definition) is 3. The van der Waals surface area contributed by atoms with Crippen molar-refractivity contribution >= 4 is 22.9 Å². The molecule has 0 spiro atoms. The van der Waals surface area contributed by atoms with Gasteiger partial charge in [0.05, 0.1) is 6.54 Å². The molecule has 0 aliphatic rings. The van der Waals surface area contributed by atoms with Gasteiger partial charge in [-0.05, 0) is 61.7 Å². The SMILES string of the molecule is Cc1ccsc1CN(CC(=O)Nc1c(C)cccc1C(C)C)C(C)C. The summed E-state index contributed by atoms with van der Waals surface area (Å²) in [6.07, 6.45) is 0. The van der Waals surface area contributed by atoms with Crippen molar-refractivity contribution in [2.24, 2.45) is 0 Å². The minimum absolute atomic E-state index is 0.0547. The fourth-order valence-corrected chi connectivity index (χ4v) is 3.81. The average Bonchev–Trinajstić information content (AvgIpc) is 2.93. The van der Waals surface area contributed by atoms with E-state index in [1.807, 2.05) is 0 Å². The summed E-state index contributed by atoms with van der Waals surface area (Å²) in [4.78, 5) is 16.3. The molecule has 0 aliphatic heterocycles. The molecule has 25 heavy (non-hydrogen) atoms. The van der Waals surface area contributed by atoms with Gasteiger partial charge in [0.2, 0.25) is 5.91 Å². The molecule has 0 atom stereocenters. The number of carbonyl (C=O) groups excluding carboxylic acids is 1. The van der Waals surface area contributed by atoms with Gasteiger partial charge in [0.1, 0.15) is 0 Å². The molecule has 4 heteroatoms. The molecule has 0 bridgehead atoms. The molecular weight excluding hydrogens is 328 g/mol. The van der Waals surface area contributed by atoms with Gasteiger partial charge in [-0.15, -0.1) is 11.3 Å². The van der Waals surface area contributed by atoms with Crippen molar-refractivity contribution in [3.05, 3.63) is 51.2 Å². The standard InChI is InChI=1S/C21H30N2OS/c1-14(2)18-9-7-8-17(6)21(18)22-20(24)13-23(15(3)4)12-19-16(5)10-11-25-19/h7-11,14-15H,12-13H2,1-6H3,(H,22,24). The summed E-state index contributed by atoms with van der Waals surface area (Å²) in [6.45, 7) is 14.0. The third-order valence-corrected chi connectivity index (χ3v) is 5.59. The van der Waals surface area contributed by atoms with Crippen LogP contribution in [0.25, 0.3) is 0 Å². The maximum absolute atomic E-state index is 12.7. The average molecular weight is 359 g/mol. The van der Waals surface area contributed by atoms with Crippen LogP contribution in [-0.4, -0.2) is 23.4 Å². The van der Waals surface area contributed by atoms with Gasteiger partial charge in [-0.25, -0.2) is 0 Å². The summed E-state index contributed by atoms with van der Waals surface area (Å²) in [5, 5.41) is 5.28. The van der Waals surface area contributed by atoms with Crippen LogP contribution in [0.2, 0.25) is 0 Å². The molecule has 2 rings (SSSR count). The van der Waals surface area contributed by atoms with E-state index >= 15 is 0 Å². The number of rotatable bonds is 7. The van der Waals surface area contributed by atoms with Crippen LogP contribution in [0.1, 0.15) is 55.2 Å². The zero-order valence-corrected chi connectivity index (χ0v) is 17.0. The molecule has 3 nitrogen and oxygen atoms in total. The quantitative estimate of drug-likeness (QED) is 0.725. The van der Waals surface area contributed by atoms with Gasteiger partial charge in [0.15, 0.2) is 0 Å². The lowest BCUT2D eigenvalue weighted by Gasteiger charge is -2.26. The Hall–Kier alpha value is -1.65. The molecule has 1 N–H and O–H groups in total. The third-order valence-electron chi connectivity index (χ3n) is 4.58. The van der Waals surface area contributed by atoms with Crippen LogP contribution in [0.3, 0.4) is 0 Å². The Morgan fingerprint density at radius 1 is 1.12 bits per heavy atom. The van der Waals surface area contributed by atoms with Crippen LogP contribution in [0.4, 0.5) is 5.69 Å². The van der Waals surface area contributed by atoms with Crippen LogP contribution < -0.4 is 5.32 Å². The largest absolute Gasteiger partial charge is 0.324 e. The molecule has 0 fully saturated rings. The van der Waals surface area contributed by atoms with Crippen LogP contribution in [-0.2, 0) is 11.3 Å². The van der Waals surface area contributed by atoms with Crippen LogP contribution in [0.5, 0.6) is 0 Å². The summed E-state index contributed by atoms with van der Waals surface area (Å²) in [7, 11) is 0. The highest BCUT2D eigenvalue weighted by molar-refractivity contribution is 7.10. The van der Waals surface area contributed by atoms with Crippen molar-refractivity contribution in [1.29, 1.82) is 0 Å². The first kappa shape index (κ1) is 19.7. The lowest BCUT2D eigenvalue weighted by Crippen LogP contribution is -2.37. The molecule has 1 aromatic carbocycles. The number of benzene rings is 1. The van der Waals surface area contributed by atoms with Gasteiger partial charge in [-0.3, -0.25) is 9.69 Å². The van der Waals surface area contributed by atoms with Crippen LogP contribution >= 0.6 is 11.3 Å². The summed E-state index contributed by atoms with van der Waals surface area (Å²) in [5.74, 6) is 0.435. The van der Waals surface area contributed by atoms with Crippen molar-refractivity contribution in [2.45, 2.75) is 60.0 Å². The normalized spacial score (nSPS) is 11.6. The number of hydrogen-bond donors (Lipinski definition) is 1. The molecule has 0 aliphatic carbocycles. The second-order valence-corrected chi connectivity index (χ2v) is 8.27. The van der Waals surface area contributed by atoms with E-state index in [-0.39, 0.29) is 5.91 Å². The first-order valence-electron chi connectivity index (χ1n) is 8.96. The number of amides is 1. The van der Waals surface area contributed by atoms with E-state index in [1.54, 1.807) is 11.3 Å². The number of anilines is 1. The van der Waals surface area contributed by atoms with E-state index in [4.69, 9.17) is 0 Å². The highest BCUT2D eigenvalue weighted by atomic mass is 32.1. The fourth-order valence-electron chi connectivity index (χ4n) is 2.88. The first-order valence-corrected chi connectivity index (χ1v) is 9.84. The van der Waals surface area contributed by atoms with E-state index in [1.165, 1.54) is 16.0 Å². The van der Waals surface area contributed by atoms with Gasteiger partial charge in [0, 0.05) is 23.2 Å². The molecule has 1 aromatic heterocycles. The van der Waals surface area contributed by atoms with E-state index < -0.39 is 0 Å². The summed E-state index contributed by atoms with van der Waals surface area (Å²) >= 11 is 1.76. The number of carbonyl (C=O) groups is 1. The molecule has 2 aromatic rings. The van der Waals surface area contributed by atoms with E-state index in [0.717, 1.165) is 17.8 Å². The molecular formula is C21H30N2OS. The molecule has 1 heterocycles. The molecule has 0 saturated heterocycles. The van der Waals surface area contributed by atoms with E-state index in [2.05, 4.69) is 81.4 Å². The van der Waals surface area contributed by atoms with Gasteiger partial charge in [-0.2, -0.15) is 0 Å². The van der Waals surface area contributed by atoms with Gasteiger partial charge in [0.25, 0.3) is 0 Å². The van der Waals surface area contributed by atoms with Crippen molar-refractivity contribution in [3.8, 4) is 0 Å². The van der Waals surface area contributed by atoms with Gasteiger partial charge in [-0.1, -0.05) is 32.0 Å². The monoisotopic (exact) mass is 358 g/mol. The second-order valence-electron chi connectivity index (χ2n) is 7.27. The Labute approximate surface area is 156 Å². The van der Waals surface area contributed by atoms with Crippen molar-refractivity contribution < 1.29 is 4.79 Å². The Kier molecular flexibility index (Phi) is 6.79. The first-order chi connectivity index (χ1) is 11.8. The predicted octanol–water partition coefficient (Wildman–Crippen LogP) is 5.34. The van der Waals surface area contributed by atoms with Crippen LogP contribution in [0, 0.1) is 13.8 Å². The molecule has 1 amide bonds. The number of nitrogens with zero attached hydrogens (tertiary/aromatic N) is 1. The number of para-hydroxylation sites is 1. The lowest BCUT2D eigenvalue weighted by atomic mass is 9.98. The summed E-state index contributed by atoms with van der Waals surface area (Å²) in [6, 6.07) is 8.66. The van der Waals surface area contributed by atoms with Crippen molar-refractivity contribution in [2.75, 3.05) is 11.9 Å². The smallest absolute Gasteiger partial charge is 0.238 e. The Morgan fingerprint density at radius 3 is 2.40 bits per heavy atom. The maximum atomic E-state index is 12.7. The van der Waals surface area contributed by atoms with E-state index in [0.29, 0.717) is 18.5 Å². The zero-order chi connectivity index (χ0) is 18.6. The molecule has 136 valence electrons. The second kappa shape index (κ2) is 8.63. The molecule has 0 saturated carbocycles. The zero-order valence-electron chi connectivity index (χ0n) is 16.2. The topological polar surface area (TPSA) is 32.3 Å². The summed E-state index contributed by atoms with van der Waals surface area (Å²) < 4.78 is 0. The van der Waals surface area contributed by atoms with Crippen molar-refractivity contribution in [3.63, 3.8) is 0 Å². The van der Waals surface area contributed by atoms with Crippen LogP contribution in [0.15, 0.2) is 29.6 Å². The van der Waals surface area contributed by atoms with Gasteiger partial charge < -0.3 is 5.32 Å². The Bertz CT molecular complexity index is 718. The Balaban J connectivity index is 2.11. The van der Waals surface area contributed by atoms with E-state index in [9.17, 15) is 4.79 Å². The van der Waals surface area contributed by atoms with Gasteiger partial charge >= 0.3 is 0 Å². The van der Waals surface area contributed by atoms with Crippen molar-refractivity contribution in [1.82, 2.24) is 4.90 Å². The maximum Gasteiger partial charge on any atom is 0.238 e. The predicted molar refractivity (Wildman–Crippen MR) is 108 cm³/mol. The molecule has 0 radical (unpaired) electrons. The highest BCUT2D eigenvalue weighted by Gasteiger charge is 2.18. The number of aryl methyl sites for hydroxylation is 2. The molecule has 0 unspecified atom stereocenters. The highest BCUT2D eigenvalue weighted by Crippen LogP contribution is 2.27. The fraction of sp³-hybridized carbons (Fsp3) is 0.476.